The Kier molecular flexibility index (Phi) is 2.63. The van der Waals surface area contributed by atoms with Gasteiger partial charge in [-0.2, -0.15) is 0 Å². The van der Waals surface area contributed by atoms with Crippen LogP contribution in [0.25, 0.3) is 0 Å². The van der Waals surface area contributed by atoms with E-state index in [0.29, 0.717) is 0 Å². The zero-order valence-electron chi connectivity index (χ0n) is 9.62. The van der Waals surface area contributed by atoms with Gasteiger partial charge in [0.15, 0.2) is 0 Å². The molecule has 0 aromatic rings. The largest absolute Gasteiger partial charge is 0.495 e. The van der Waals surface area contributed by atoms with Gasteiger partial charge in [0.25, 0.3) is 0 Å². The van der Waals surface area contributed by atoms with Gasteiger partial charge in [-0.15, -0.1) is 0 Å². The lowest BCUT2D eigenvalue weighted by atomic mass is 9.76. The molecular weight excluding hydrogens is 188 g/mol. The van der Waals surface area contributed by atoms with Crippen molar-refractivity contribution >= 4 is 0 Å². The molecule has 2 nitrogen and oxygen atoms in total. The summed E-state index contributed by atoms with van der Waals surface area (Å²) in [5, 5.41) is 10.4. The van der Waals surface area contributed by atoms with Gasteiger partial charge in [-0.05, 0) is 43.3 Å². The van der Waals surface area contributed by atoms with Crippen LogP contribution in [0.2, 0.25) is 0 Å². The minimum Gasteiger partial charge on any atom is -0.495 e. The highest BCUT2D eigenvalue weighted by molar-refractivity contribution is 5.25. The van der Waals surface area contributed by atoms with Gasteiger partial charge in [0.05, 0.1) is 6.61 Å². The molecule has 1 N–H and O–H groups in total. The van der Waals surface area contributed by atoms with Gasteiger partial charge < -0.3 is 9.84 Å². The Labute approximate surface area is 91.6 Å². The van der Waals surface area contributed by atoms with Crippen LogP contribution < -0.4 is 0 Å². The third-order valence-electron chi connectivity index (χ3n) is 3.32. The van der Waals surface area contributed by atoms with Crippen LogP contribution in [0.4, 0.5) is 0 Å². The molecule has 0 saturated carbocycles. The van der Waals surface area contributed by atoms with Crippen molar-refractivity contribution in [2.24, 2.45) is 5.41 Å². The molecule has 2 heteroatoms. The van der Waals surface area contributed by atoms with Crippen molar-refractivity contribution in [3.63, 3.8) is 0 Å². The fraction of sp³-hybridized carbons (Fsp3) is 0.692. The van der Waals surface area contributed by atoms with Gasteiger partial charge >= 0.3 is 0 Å². The van der Waals surface area contributed by atoms with Gasteiger partial charge in [0.1, 0.15) is 11.4 Å². The van der Waals surface area contributed by atoms with Crippen molar-refractivity contribution < 1.29 is 9.84 Å². The Balaban J connectivity index is 2.18. The predicted molar refractivity (Wildman–Crippen MR) is 60.4 cm³/mol. The molecule has 1 unspecified atom stereocenters. The molecule has 15 heavy (non-hydrogen) atoms. The number of hydrogen-bond acceptors (Lipinski definition) is 2. The molecule has 0 bridgehead atoms. The monoisotopic (exact) mass is 208 g/mol. The van der Waals surface area contributed by atoms with Crippen LogP contribution in [0.1, 0.15) is 39.5 Å². The first kappa shape index (κ1) is 10.7. The third kappa shape index (κ3) is 2.25. The molecule has 0 spiro atoms. The minimum absolute atomic E-state index is 0.210. The average Bonchev–Trinajstić information content (AvgIpc) is 2.24. The highest BCUT2D eigenvalue weighted by Gasteiger charge is 2.36. The van der Waals surface area contributed by atoms with Gasteiger partial charge in [-0.25, -0.2) is 0 Å². The first-order valence-electron chi connectivity index (χ1n) is 5.78. The van der Waals surface area contributed by atoms with E-state index >= 15 is 0 Å². The smallest absolute Gasteiger partial charge is 0.139 e. The van der Waals surface area contributed by atoms with Gasteiger partial charge in [-0.1, -0.05) is 19.9 Å². The van der Waals surface area contributed by atoms with E-state index in [4.69, 9.17) is 4.74 Å². The first-order valence-corrected chi connectivity index (χ1v) is 5.78. The van der Waals surface area contributed by atoms with E-state index in [-0.39, 0.29) is 5.41 Å². The molecule has 0 saturated heterocycles. The standard InChI is InChI=1S/C13H20O2/c1-12(2)6-8-13(14,9-7-12)11-5-3-4-10-15-11/h5-6,8,14H,3-4,7,9-10H2,1-2H3. The van der Waals surface area contributed by atoms with E-state index in [9.17, 15) is 5.11 Å². The summed E-state index contributed by atoms with van der Waals surface area (Å²) in [5.74, 6) is 0.764. The van der Waals surface area contributed by atoms with Crippen molar-refractivity contribution in [3.8, 4) is 0 Å². The molecule has 0 fully saturated rings. The lowest BCUT2D eigenvalue weighted by Gasteiger charge is -2.36. The molecule has 84 valence electrons. The summed E-state index contributed by atoms with van der Waals surface area (Å²) >= 11 is 0. The van der Waals surface area contributed by atoms with Crippen molar-refractivity contribution in [3.05, 3.63) is 24.0 Å². The molecule has 1 heterocycles. The van der Waals surface area contributed by atoms with Crippen LogP contribution in [0.5, 0.6) is 0 Å². The third-order valence-corrected chi connectivity index (χ3v) is 3.32. The molecule has 1 aliphatic heterocycles. The molecule has 0 aromatic carbocycles. The van der Waals surface area contributed by atoms with Crippen LogP contribution in [-0.4, -0.2) is 17.3 Å². The molecule has 0 radical (unpaired) electrons. The second-order valence-corrected chi connectivity index (χ2v) is 5.31. The SMILES string of the molecule is CC1(C)C=CC(O)(C2=CCCCO2)CC1. The number of hydrogen-bond donors (Lipinski definition) is 1. The van der Waals surface area contributed by atoms with E-state index < -0.39 is 5.60 Å². The Morgan fingerprint density at radius 1 is 1.27 bits per heavy atom. The Bertz CT molecular complexity index is 302. The number of rotatable bonds is 1. The van der Waals surface area contributed by atoms with Gasteiger partial charge in [0, 0.05) is 0 Å². The number of aliphatic hydroxyl groups is 1. The molecule has 1 aliphatic carbocycles. The fourth-order valence-corrected chi connectivity index (χ4v) is 2.11. The lowest BCUT2D eigenvalue weighted by molar-refractivity contribution is 0.0211. The predicted octanol–water partition coefficient (Wildman–Crippen LogP) is 2.79. The molecule has 0 aromatic heterocycles. The van der Waals surface area contributed by atoms with Crippen molar-refractivity contribution in [1.29, 1.82) is 0 Å². The fourth-order valence-electron chi connectivity index (χ4n) is 2.11. The van der Waals surface area contributed by atoms with Gasteiger partial charge in [0.2, 0.25) is 0 Å². The van der Waals surface area contributed by atoms with Crippen molar-refractivity contribution in [2.45, 2.75) is 45.1 Å². The second kappa shape index (κ2) is 3.67. The first-order chi connectivity index (χ1) is 7.02. The normalized spacial score (nSPS) is 34.5. The van der Waals surface area contributed by atoms with Crippen LogP contribution >= 0.6 is 0 Å². The van der Waals surface area contributed by atoms with Gasteiger partial charge in [-0.3, -0.25) is 0 Å². The summed E-state index contributed by atoms with van der Waals surface area (Å²) in [6.07, 6.45) is 9.90. The molecule has 0 amide bonds. The van der Waals surface area contributed by atoms with E-state index in [0.717, 1.165) is 38.0 Å². The Morgan fingerprint density at radius 2 is 2.07 bits per heavy atom. The minimum atomic E-state index is -0.837. The molecular formula is C13H20O2. The maximum atomic E-state index is 10.4. The Morgan fingerprint density at radius 3 is 2.60 bits per heavy atom. The Hall–Kier alpha value is -0.760. The number of ether oxygens (including phenoxy) is 1. The van der Waals surface area contributed by atoms with E-state index in [1.807, 2.05) is 12.2 Å². The van der Waals surface area contributed by atoms with E-state index in [1.165, 1.54) is 0 Å². The summed E-state index contributed by atoms with van der Waals surface area (Å²) in [6, 6.07) is 0. The van der Waals surface area contributed by atoms with Crippen LogP contribution in [0.3, 0.4) is 0 Å². The van der Waals surface area contributed by atoms with Crippen molar-refractivity contribution in [1.82, 2.24) is 0 Å². The summed E-state index contributed by atoms with van der Waals surface area (Å²) < 4.78 is 5.55. The zero-order chi connectivity index (χ0) is 10.9. The zero-order valence-corrected chi connectivity index (χ0v) is 9.62. The van der Waals surface area contributed by atoms with Crippen molar-refractivity contribution in [2.75, 3.05) is 6.61 Å². The maximum absolute atomic E-state index is 10.4. The molecule has 1 atom stereocenters. The quantitative estimate of drug-likeness (QED) is 0.671. The average molecular weight is 208 g/mol. The van der Waals surface area contributed by atoms with E-state index in [1.54, 1.807) is 0 Å². The van der Waals surface area contributed by atoms with Crippen LogP contribution in [0.15, 0.2) is 24.0 Å². The van der Waals surface area contributed by atoms with E-state index in [2.05, 4.69) is 19.9 Å². The molecule has 2 aliphatic rings. The summed E-state index contributed by atoms with van der Waals surface area (Å²) in [4.78, 5) is 0. The van der Waals surface area contributed by atoms with Crippen LogP contribution in [0, 0.1) is 5.41 Å². The topological polar surface area (TPSA) is 29.5 Å². The molecule has 2 rings (SSSR count). The summed E-state index contributed by atoms with van der Waals surface area (Å²) in [7, 11) is 0. The highest BCUT2D eigenvalue weighted by Crippen LogP contribution is 2.39. The number of allylic oxidation sites excluding steroid dienone is 2. The second-order valence-electron chi connectivity index (χ2n) is 5.31. The lowest BCUT2D eigenvalue weighted by Crippen LogP contribution is -2.36. The highest BCUT2D eigenvalue weighted by atomic mass is 16.5. The van der Waals surface area contributed by atoms with Crippen LogP contribution in [-0.2, 0) is 4.74 Å². The summed E-state index contributed by atoms with van der Waals surface area (Å²) in [5.41, 5.74) is -0.628. The maximum Gasteiger partial charge on any atom is 0.139 e. The summed E-state index contributed by atoms with van der Waals surface area (Å²) in [6.45, 7) is 5.13.